The van der Waals surface area contributed by atoms with Crippen molar-refractivity contribution in [3.05, 3.63) is 51.9 Å². The largest absolute Gasteiger partial charge is 0.462 e. The first-order chi connectivity index (χ1) is 10.5. The summed E-state index contributed by atoms with van der Waals surface area (Å²) in [5.41, 5.74) is 2.00. The van der Waals surface area contributed by atoms with Gasteiger partial charge in [0.25, 0.3) is 5.91 Å². The Balaban J connectivity index is 2.26. The maximum Gasteiger partial charge on any atom is 0.341 e. The molecule has 0 aliphatic rings. The fourth-order valence-electron chi connectivity index (χ4n) is 2.03. The Kier molecular flexibility index (Phi) is 5.33. The number of carbonyl (C=O) groups excluding carboxylic acids is 2. The van der Waals surface area contributed by atoms with Crippen molar-refractivity contribution >= 4 is 28.2 Å². The molecule has 0 aliphatic carbocycles. The highest BCUT2D eigenvalue weighted by Crippen LogP contribution is 2.29. The molecule has 1 aromatic carbocycles. The molecule has 0 radical (unpaired) electrons. The molecule has 116 valence electrons. The number of esters is 1. The first-order valence-corrected chi connectivity index (χ1v) is 8.04. The van der Waals surface area contributed by atoms with Gasteiger partial charge in [0.15, 0.2) is 0 Å². The molecule has 0 bridgehead atoms. The maximum absolute atomic E-state index is 12.3. The van der Waals surface area contributed by atoms with Crippen molar-refractivity contribution in [1.29, 1.82) is 0 Å². The third kappa shape index (κ3) is 3.74. The Hall–Kier alpha value is -2.14. The molecule has 0 saturated carbocycles. The van der Waals surface area contributed by atoms with E-state index in [0.29, 0.717) is 22.7 Å². The van der Waals surface area contributed by atoms with Crippen molar-refractivity contribution in [3.63, 3.8) is 0 Å². The zero-order chi connectivity index (χ0) is 16.1. The summed E-state index contributed by atoms with van der Waals surface area (Å²) >= 11 is 1.41. The van der Waals surface area contributed by atoms with Gasteiger partial charge in [-0.3, -0.25) is 4.79 Å². The Morgan fingerprint density at radius 2 is 2.00 bits per heavy atom. The predicted molar refractivity (Wildman–Crippen MR) is 88.8 cm³/mol. The van der Waals surface area contributed by atoms with E-state index in [2.05, 4.69) is 5.32 Å². The fraction of sp³-hybridized carbons (Fsp3) is 0.294. The number of ether oxygens (including phenoxy) is 1. The van der Waals surface area contributed by atoms with Gasteiger partial charge < -0.3 is 10.1 Å². The van der Waals surface area contributed by atoms with Gasteiger partial charge in [-0.2, -0.15) is 0 Å². The smallest absolute Gasteiger partial charge is 0.341 e. The fourth-order valence-corrected chi connectivity index (χ4v) is 3.01. The summed E-state index contributed by atoms with van der Waals surface area (Å²) in [6.45, 7) is 6.01. The average Bonchev–Trinajstić information content (AvgIpc) is 2.90. The zero-order valence-corrected chi connectivity index (χ0v) is 13.8. The van der Waals surface area contributed by atoms with Crippen LogP contribution in [-0.2, 0) is 11.2 Å². The van der Waals surface area contributed by atoms with Gasteiger partial charge in [-0.1, -0.05) is 24.6 Å². The average molecular weight is 317 g/mol. The van der Waals surface area contributed by atoms with E-state index >= 15 is 0 Å². The molecular weight excluding hydrogens is 298 g/mol. The summed E-state index contributed by atoms with van der Waals surface area (Å²) in [6.07, 6.45) is 0.803. The molecule has 1 amide bonds. The standard InChI is InChI=1S/C17H19NO3S/c1-4-13-10-14(17(20)21-5-2)16(22-13)18-15(19)12-8-6-7-11(3)9-12/h6-10H,4-5H2,1-3H3,(H,18,19). The van der Waals surface area contributed by atoms with Gasteiger partial charge >= 0.3 is 5.97 Å². The van der Waals surface area contributed by atoms with Crippen LogP contribution >= 0.6 is 11.3 Å². The normalized spacial score (nSPS) is 10.3. The van der Waals surface area contributed by atoms with Crippen LogP contribution in [-0.4, -0.2) is 18.5 Å². The number of benzene rings is 1. The summed E-state index contributed by atoms with van der Waals surface area (Å²) in [5, 5.41) is 3.37. The zero-order valence-electron chi connectivity index (χ0n) is 12.9. The lowest BCUT2D eigenvalue weighted by Crippen LogP contribution is -2.14. The number of amides is 1. The quantitative estimate of drug-likeness (QED) is 0.847. The number of nitrogens with one attached hydrogen (secondary N) is 1. The van der Waals surface area contributed by atoms with Crippen molar-refractivity contribution in [3.8, 4) is 0 Å². The van der Waals surface area contributed by atoms with Crippen LogP contribution in [0.2, 0.25) is 0 Å². The minimum atomic E-state index is -0.405. The molecule has 2 rings (SSSR count). The number of hydrogen-bond acceptors (Lipinski definition) is 4. The molecule has 1 N–H and O–H groups in total. The van der Waals surface area contributed by atoms with E-state index in [1.807, 2.05) is 32.0 Å². The SMILES string of the molecule is CCOC(=O)c1cc(CC)sc1NC(=O)c1cccc(C)c1. The van der Waals surface area contributed by atoms with Crippen molar-refractivity contribution in [1.82, 2.24) is 0 Å². The third-order valence-electron chi connectivity index (χ3n) is 3.13. The molecule has 1 heterocycles. The van der Waals surface area contributed by atoms with Crippen LogP contribution in [0.15, 0.2) is 30.3 Å². The summed E-state index contributed by atoms with van der Waals surface area (Å²) in [7, 11) is 0. The Morgan fingerprint density at radius 3 is 2.64 bits per heavy atom. The first-order valence-electron chi connectivity index (χ1n) is 7.23. The van der Waals surface area contributed by atoms with Crippen molar-refractivity contribution in [2.24, 2.45) is 0 Å². The van der Waals surface area contributed by atoms with Gasteiger partial charge in [0.05, 0.1) is 12.2 Å². The monoisotopic (exact) mass is 317 g/mol. The van der Waals surface area contributed by atoms with Gasteiger partial charge in [-0.05, 0) is 38.5 Å². The van der Waals surface area contributed by atoms with Crippen LogP contribution in [0.5, 0.6) is 0 Å². The van der Waals surface area contributed by atoms with E-state index in [1.165, 1.54) is 11.3 Å². The highest BCUT2D eigenvalue weighted by atomic mass is 32.1. The van der Waals surface area contributed by atoms with Crippen molar-refractivity contribution < 1.29 is 14.3 Å². The number of aryl methyl sites for hydroxylation is 2. The van der Waals surface area contributed by atoms with Crippen molar-refractivity contribution in [2.75, 3.05) is 11.9 Å². The second kappa shape index (κ2) is 7.22. The van der Waals surface area contributed by atoms with Crippen LogP contribution in [0.1, 0.15) is 45.0 Å². The number of thiophene rings is 1. The van der Waals surface area contributed by atoms with Crippen molar-refractivity contribution in [2.45, 2.75) is 27.2 Å². The molecule has 0 spiro atoms. The third-order valence-corrected chi connectivity index (χ3v) is 4.33. The minimum Gasteiger partial charge on any atom is -0.462 e. The Morgan fingerprint density at radius 1 is 1.23 bits per heavy atom. The second-order valence-corrected chi connectivity index (χ2v) is 5.99. The van der Waals surface area contributed by atoms with Gasteiger partial charge in [0.1, 0.15) is 5.00 Å². The molecule has 0 fully saturated rings. The summed E-state index contributed by atoms with van der Waals surface area (Å²) in [6, 6.07) is 9.12. The maximum atomic E-state index is 12.3. The lowest BCUT2D eigenvalue weighted by Gasteiger charge is -2.06. The lowest BCUT2D eigenvalue weighted by atomic mass is 10.1. The lowest BCUT2D eigenvalue weighted by molar-refractivity contribution is 0.0528. The number of rotatable bonds is 5. The van der Waals surface area contributed by atoms with Gasteiger partial charge in [0, 0.05) is 10.4 Å². The van der Waals surface area contributed by atoms with E-state index in [1.54, 1.807) is 19.1 Å². The Labute approximate surface area is 134 Å². The molecule has 0 saturated heterocycles. The van der Waals surface area contributed by atoms with Gasteiger partial charge in [-0.15, -0.1) is 11.3 Å². The predicted octanol–water partition coefficient (Wildman–Crippen LogP) is 4.05. The highest BCUT2D eigenvalue weighted by Gasteiger charge is 2.19. The summed E-state index contributed by atoms with van der Waals surface area (Å²) in [5.74, 6) is -0.628. The van der Waals surface area contributed by atoms with E-state index in [0.717, 1.165) is 16.9 Å². The molecule has 0 aliphatic heterocycles. The van der Waals surface area contributed by atoms with E-state index in [4.69, 9.17) is 4.74 Å². The van der Waals surface area contributed by atoms with Crippen LogP contribution < -0.4 is 5.32 Å². The molecule has 0 atom stereocenters. The van der Waals surface area contributed by atoms with Crippen LogP contribution in [0.3, 0.4) is 0 Å². The van der Waals surface area contributed by atoms with Crippen LogP contribution in [0, 0.1) is 6.92 Å². The first kappa shape index (κ1) is 16.2. The molecule has 4 nitrogen and oxygen atoms in total. The van der Waals surface area contributed by atoms with Crippen LogP contribution in [0.25, 0.3) is 0 Å². The molecule has 22 heavy (non-hydrogen) atoms. The summed E-state index contributed by atoms with van der Waals surface area (Å²) in [4.78, 5) is 25.4. The second-order valence-electron chi connectivity index (χ2n) is 4.85. The van der Waals surface area contributed by atoms with E-state index in [9.17, 15) is 9.59 Å². The number of anilines is 1. The molecule has 1 aromatic heterocycles. The van der Waals surface area contributed by atoms with Gasteiger partial charge in [0.2, 0.25) is 0 Å². The summed E-state index contributed by atoms with van der Waals surface area (Å²) < 4.78 is 5.05. The van der Waals surface area contributed by atoms with E-state index < -0.39 is 5.97 Å². The van der Waals surface area contributed by atoms with E-state index in [-0.39, 0.29) is 5.91 Å². The Bertz CT molecular complexity index is 691. The molecule has 2 aromatic rings. The highest BCUT2D eigenvalue weighted by molar-refractivity contribution is 7.16. The molecular formula is C17H19NO3S. The minimum absolute atomic E-state index is 0.223. The topological polar surface area (TPSA) is 55.4 Å². The van der Waals surface area contributed by atoms with Gasteiger partial charge in [-0.25, -0.2) is 4.79 Å². The molecule has 5 heteroatoms. The number of hydrogen-bond donors (Lipinski definition) is 1. The number of carbonyl (C=O) groups is 2. The van der Waals surface area contributed by atoms with Crippen LogP contribution in [0.4, 0.5) is 5.00 Å². The molecule has 0 unspecified atom stereocenters.